The third-order valence-corrected chi connectivity index (χ3v) is 4.92. The number of anilines is 1. The topological polar surface area (TPSA) is 73.0 Å². The monoisotopic (exact) mass is 376 g/mol. The molecular formula is C17H17ClN4O2S. The van der Waals surface area contributed by atoms with E-state index in [2.05, 4.69) is 15.5 Å². The van der Waals surface area contributed by atoms with Crippen LogP contribution < -0.4 is 5.32 Å². The maximum Gasteiger partial charge on any atom is 0.234 e. The number of carbonyl (C=O) groups excluding carboxylic acids is 1. The Morgan fingerprint density at radius 3 is 2.84 bits per heavy atom. The molecule has 0 unspecified atom stereocenters. The lowest BCUT2D eigenvalue weighted by Gasteiger charge is -2.11. The fourth-order valence-corrected chi connectivity index (χ4v) is 3.52. The molecule has 0 saturated heterocycles. The Balaban J connectivity index is 1.66. The zero-order valence-corrected chi connectivity index (χ0v) is 15.6. The molecule has 0 radical (unpaired) electrons. The lowest BCUT2D eigenvalue weighted by molar-refractivity contribution is -0.113. The predicted octanol–water partition coefficient (Wildman–Crippen LogP) is 4.08. The second-order valence-corrected chi connectivity index (χ2v) is 6.97. The number of halogens is 1. The Hall–Kier alpha value is -2.25. The summed E-state index contributed by atoms with van der Waals surface area (Å²) >= 11 is 7.52. The van der Waals surface area contributed by atoms with E-state index in [1.807, 2.05) is 39.1 Å². The van der Waals surface area contributed by atoms with Gasteiger partial charge in [0.2, 0.25) is 5.91 Å². The van der Waals surface area contributed by atoms with Gasteiger partial charge in [-0.1, -0.05) is 29.4 Å². The van der Waals surface area contributed by atoms with Crippen LogP contribution in [-0.2, 0) is 11.8 Å². The van der Waals surface area contributed by atoms with Gasteiger partial charge in [0.25, 0.3) is 0 Å². The molecule has 3 rings (SSSR count). The number of hydrogen-bond donors (Lipinski definition) is 1. The van der Waals surface area contributed by atoms with Crippen LogP contribution in [0.1, 0.15) is 11.1 Å². The van der Waals surface area contributed by atoms with Gasteiger partial charge in [0.1, 0.15) is 0 Å². The van der Waals surface area contributed by atoms with Crippen molar-refractivity contribution in [1.29, 1.82) is 0 Å². The van der Waals surface area contributed by atoms with Crippen molar-refractivity contribution < 1.29 is 9.21 Å². The van der Waals surface area contributed by atoms with Crippen LogP contribution in [0.4, 0.5) is 5.69 Å². The number of benzene rings is 1. The first kappa shape index (κ1) is 17.6. The van der Waals surface area contributed by atoms with E-state index in [4.69, 9.17) is 16.0 Å². The zero-order valence-electron chi connectivity index (χ0n) is 14.0. The average Bonchev–Trinajstić information content (AvgIpc) is 3.18. The molecule has 0 aliphatic carbocycles. The van der Waals surface area contributed by atoms with E-state index in [0.29, 0.717) is 27.5 Å². The van der Waals surface area contributed by atoms with Crippen LogP contribution in [0.15, 0.2) is 40.1 Å². The minimum absolute atomic E-state index is 0.151. The first-order valence-electron chi connectivity index (χ1n) is 7.58. The lowest BCUT2D eigenvalue weighted by Crippen LogP contribution is -2.15. The number of aromatic nitrogens is 3. The molecule has 0 bridgehead atoms. The molecule has 1 aromatic carbocycles. The van der Waals surface area contributed by atoms with Gasteiger partial charge < -0.3 is 14.3 Å². The van der Waals surface area contributed by atoms with Crippen LogP contribution in [0.25, 0.3) is 11.6 Å². The molecule has 0 fully saturated rings. The van der Waals surface area contributed by atoms with Gasteiger partial charge in [-0.15, -0.1) is 10.2 Å². The summed E-state index contributed by atoms with van der Waals surface area (Å²) in [5.41, 5.74) is 2.63. The molecule has 0 spiro atoms. The van der Waals surface area contributed by atoms with Crippen LogP contribution >= 0.6 is 23.4 Å². The number of thioether (sulfide) groups is 1. The molecule has 8 heteroatoms. The molecule has 3 aromatic rings. The van der Waals surface area contributed by atoms with E-state index in [-0.39, 0.29) is 11.7 Å². The summed E-state index contributed by atoms with van der Waals surface area (Å²) in [7, 11) is 1.83. The van der Waals surface area contributed by atoms with Crippen LogP contribution in [0, 0.1) is 13.8 Å². The number of carbonyl (C=O) groups is 1. The average molecular weight is 377 g/mol. The van der Waals surface area contributed by atoms with Crippen LogP contribution in [0.3, 0.4) is 0 Å². The summed E-state index contributed by atoms with van der Waals surface area (Å²) in [6, 6.07) is 7.41. The van der Waals surface area contributed by atoms with E-state index in [1.54, 1.807) is 16.9 Å². The molecule has 6 nitrogen and oxygen atoms in total. The fourth-order valence-electron chi connectivity index (χ4n) is 2.44. The minimum atomic E-state index is -0.151. The lowest BCUT2D eigenvalue weighted by atomic mass is 10.1. The molecule has 0 aliphatic heterocycles. The summed E-state index contributed by atoms with van der Waals surface area (Å²) in [4.78, 5) is 12.3. The van der Waals surface area contributed by atoms with Gasteiger partial charge in [0.05, 0.1) is 22.7 Å². The maximum atomic E-state index is 12.3. The summed E-state index contributed by atoms with van der Waals surface area (Å²) in [5, 5.41) is 12.2. The van der Waals surface area contributed by atoms with E-state index < -0.39 is 0 Å². The quantitative estimate of drug-likeness (QED) is 0.679. The standard InChI is InChI=1S/C17H17ClN4O2S/c1-10-7-11(2)15(12(18)8-10)19-14(23)9-25-17-21-20-16(22(17)3)13-5-4-6-24-13/h4-8H,9H2,1-3H3,(H,19,23). The normalized spacial score (nSPS) is 10.9. The second kappa shape index (κ2) is 7.33. The van der Waals surface area contributed by atoms with Gasteiger partial charge in [-0.2, -0.15) is 0 Å². The number of hydrogen-bond acceptors (Lipinski definition) is 5. The number of furan rings is 1. The van der Waals surface area contributed by atoms with Gasteiger partial charge in [-0.25, -0.2) is 0 Å². The van der Waals surface area contributed by atoms with Crippen molar-refractivity contribution in [1.82, 2.24) is 14.8 Å². The smallest absolute Gasteiger partial charge is 0.234 e. The summed E-state index contributed by atoms with van der Waals surface area (Å²) in [6.07, 6.45) is 1.58. The van der Waals surface area contributed by atoms with Crippen LogP contribution in [0.5, 0.6) is 0 Å². The summed E-state index contributed by atoms with van der Waals surface area (Å²) < 4.78 is 7.12. The van der Waals surface area contributed by atoms with Crippen molar-refractivity contribution in [3.63, 3.8) is 0 Å². The van der Waals surface area contributed by atoms with Crippen LogP contribution in [-0.4, -0.2) is 26.4 Å². The Labute approximate surface area is 154 Å². The molecule has 0 saturated carbocycles. The summed E-state index contributed by atoms with van der Waals surface area (Å²) in [5.74, 6) is 1.30. The van der Waals surface area contributed by atoms with Crippen molar-refractivity contribution in [2.24, 2.45) is 7.05 Å². The predicted molar refractivity (Wildman–Crippen MR) is 99.0 cm³/mol. The number of aryl methyl sites for hydroxylation is 2. The molecule has 0 atom stereocenters. The third kappa shape index (κ3) is 3.88. The molecule has 0 aliphatic rings. The highest BCUT2D eigenvalue weighted by Crippen LogP contribution is 2.28. The first-order chi connectivity index (χ1) is 12.0. The first-order valence-corrected chi connectivity index (χ1v) is 8.94. The van der Waals surface area contributed by atoms with Crippen molar-refractivity contribution in [2.75, 3.05) is 11.1 Å². The Morgan fingerprint density at radius 2 is 2.16 bits per heavy atom. The van der Waals surface area contributed by atoms with Crippen molar-refractivity contribution in [3.05, 3.63) is 46.7 Å². The molecular weight excluding hydrogens is 360 g/mol. The van der Waals surface area contributed by atoms with Gasteiger partial charge in [0, 0.05) is 7.05 Å². The van der Waals surface area contributed by atoms with E-state index in [1.165, 1.54) is 11.8 Å². The number of amides is 1. The molecule has 2 heterocycles. The molecule has 2 aromatic heterocycles. The Bertz CT molecular complexity index is 883. The zero-order chi connectivity index (χ0) is 18.0. The molecule has 1 amide bonds. The Kier molecular flexibility index (Phi) is 5.15. The second-order valence-electron chi connectivity index (χ2n) is 5.62. The number of nitrogens with zero attached hydrogens (tertiary/aromatic N) is 3. The van der Waals surface area contributed by atoms with E-state index >= 15 is 0 Å². The highest BCUT2D eigenvalue weighted by Gasteiger charge is 2.15. The van der Waals surface area contributed by atoms with Crippen molar-refractivity contribution in [2.45, 2.75) is 19.0 Å². The van der Waals surface area contributed by atoms with Gasteiger partial charge in [0.15, 0.2) is 16.7 Å². The SMILES string of the molecule is Cc1cc(C)c(NC(=O)CSc2nnc(-c3ccco3)n2C)c(Cl)c1. The molecule has 25 heavy (non-hydrogen) atoms. The highest BCUT2D eigenvalue weighted by molar-refractivity contribution is 7.99. The van der Waals surface area contributed by atoms with Crippen LogP contribution in [0.2, 0.25) is 5.02 Å². The van der Waals surface area contributed by atoms with Gasteiger partial charge in [-0.3, -0.25) is 4.79 Å². The fraction of sp³-hybridized carbons (Fsp3) is 0.235. The van der Waals surface area contributed by atoms with Crippen molar-refractivity contribution >= 4 is 35.0 Å². The Morgan fingerprint density at radius 1 is 1.36 bits per heavy atom. The maximum absolute atomic E-state index is 12.3. The number of rotatable bonds is 5. The van der Waals surface area contributed by atoms with E-state index in [9.17, 15) is 4.79 Å². The third-order valence-electron chi connectivity index (χ3n) is 3.60. The summed E-state index contributed by atoms with van der Waals surface area (Å²) in [6.45, 7) is 3.88. The molecule has 1 N–H and O–H groups in total. The highest BCUT2D eigenvalue weighted by atomic mass is 35.5. The van der Waals surface area contributed by atoms with Crippen molar-refractivity contribution in [3.8, 4) is 11.6 Å². The number of nitrogens with one attached hydrogen (secondary N) is 1. The van der Waals surface area contributed by atoms with Gasteiger partial charge in [-0.05, 0) is 43.2 Å². The van der Waals surface area contributed by atoms with E-state index in [0.717, 1.165) is 11.1 Å². The minimum Gasteiger partial charge on any atom is -0.461 e. The largest absolute Gasteiger partial charge is 0.461 e. The van der Waals surface area contributed by atoms with Gasteiger partial charge >= 0.3 is 0 Å². The molecule has 130 valence electrons.